The van der Waals surface area contributed by atoms with E-state index in [1.54, 1.807) is 0 Å². The highest BCUT2D eigenvalue weighted by Gasteiger charge is 2.35. The molecule has 196 valence electrons. The summed E-state index contributed by atoms with van der Waals surface area (Å²) in [6.07, 6.45) is 0. The van der Waals surface area contributed by atoms with Crippen LogP contribution in [0.4, 0.5) is 5.69 Å². The van der Waals surface area contributed by atoms with E-state index >= 15 is 0 Å². The Bertz CT molecular complexity index is 1640. The van der Waals surface area contributed by atoms with E-state index < -0.39 is 98.0 Å². The van der Waals surface area contributed by atoms with Crippen LogP contribution in [0, 0.1) is 0 Å². The molecule has 0 fully saturated rings. The first-order chi connectivity index (χ1) is 16.5. The van der Waals surface area contributed by atoms with Gasteiger partial charge in [0.25, 0.3) is 30.4 Å². The van der Waals surface area contributed by atoms with Crippen LogP contribution in [0.3, 0.4) is 0 Å². The van der Waals surface area contributed by atoms with Gasteiger partial charge in [-0.15, -0.1) is 0 Å². The van der Waals surface area contributed by atoms with Crippen molar-refractivity contribution >= 4 is 58.8 Å². The number of methoxy groups -OCH3 is 2. The highest BCUT2D eigenvalue weighted by Crippen LogP contribution is 2.38. The monoisotopic (exact) mass is 567 g/mol. The van der Waals surface area contributed by atoms with Crippen molar-refractivity contribution in [1.29, 1.82) is 0 Å². The molecule has 36 heavy (non-hydrogen) atoms. The second-order valence-corrected chi connectivity index (χ2v) is 11.3. The maximum Gasteiger partial charge on any atom is 0.355 e. The normalized spacial score (nSPS) is 15.2. The number of hydrogen-bond donors (Lipinski definition) is 3. The molecule has 2 aromatic rings. The van der Waals surface area contributed by atoms with Crippen LogP contribution in [0.1, 0.15) is 0 Å². The van der Waals surface area contributed by atoms with Crippen LogP contribution in [0.2, 0.25) is 0 Å². The molecule has 0 atom stereocenters. The quantitative estimate of drug-likeness (QED) is 0.307. The second-order valence-electron chi connectivity index (χ2n) is 7.10. The first kappa shape index (κ1) is 27.5. The Morgan fingerprint density at radius 1 is 0.833 bits per heavy atom. The van der Waals surface area contributed by atoms with E-state index in [1.165, 1.54) is 0 Å². The number of rotatable bonds is 6. The maximum atomic E-state index is 12.6. The minimum absolute atomic E-state index is 0.409. The average Bonchev–Trinajstić information content (AvgIpc) is 2.79. The molecule has 0 bridgehead atoms. The molecule has 0 spiro atoms. The van der Waals surface area contributed by atoms with Crippen molar-refractivity contribution in [1.82, 2.24) is 0 Å². The van der Waals surface area contributed by atoms with Gasteiger partial charge >= 0.3 is 11.9 Å². The Morgan fingerprint density at radius 2 is 1.42 bits per heavy atom. The summed E-state index contributed by atoms with van der Waals surface area (Å²) in [4.78, 5) is 22.5. The van der Waals surface area contributed by atoms with Gasteiger partial charge in [0.2, 0.25) is 0 Å². The van der Waals surface area contributed by atoms with Crippen molar-refractivity contribution in [2.45, 2.75) is 14.7 Å². The average molecular weight is 568 g/mol. The molecule has 0 radical (unpaired) electrons. The van der Waals surface area contributed by atoms with Crippen LogP contribution in [-0.2, 0) is 54.2 Å². The summed E-state index contributed by atoms with van der Waals surface area (Å²) < 4.78 is 115. The summed E-state index contributed by atoms with van der Waals surface area (Å²) in [5, 5.41) is -0.953. The van der Waals surface area contributed by atoms with E-state index in [0.29, 0.717) is 18.2 Å². The molecule has 0 saturated heterocycles. The SMILES string of the molecule is COC(=O)C1=C(C(=O)OC)N(c2cc3c(S(=O)(=O)O)cc(S(=O)(=O)O)cc3cc2S(=O)(=O)O)COC1. The Morgan fingerprint density at radius 3 is 1.92 bits per heavy atom. The number of benzene rings is 2. The zero-order chi connectivity index (χ0) is 27.2. The van der Waals surface area contributed by atoms with Gasteiger partial charge in [-0.05, 0) is 29.7 Å². The van der Waals surface area contributed by atoms with Gasteiger partial charge in [-0.1, -0.05) is 0 Å². The van der Waals surface area contributed by atoms with Crippen LogP contribution in [0.5, 0.6) is 0 Å². The summed E-state index contributed by atoms with van der Waals surface area (Å²) in [5.41, 5.74) is -1.59. The minimum Gasteiger partial charge on any atom is -0.466 e. The molecule has 0 amide bonds. The lowest BCUT2D eigenvalue weighted by molar-refractivity contribution is -0.140. The molecule has 3 rings (SSSR count). The van der Waals surface area contributed by atoms with Gasteiger partial charge in [0.05, 0.1) is 37.0 Å². The fraction of sp³-hybridized carbons (Fsp3) is 0.222. The van der Waals surface area contributed by atoms with E-state index in [4.69, 9.17) is 4.74 Å². The number of fused-ring (bicyclic) bond motifs is 1. The van der Waals surface area contributed by atoms with Gasteiger partial charge in [-0.3, -0.25) is 13.7 Å². The third-order valence-electron chi connectivity index (χ3n) is 4.95. The summed E-state index contributed by atoms with van der Waals surface area (Å²) in [6.45, 7) is -1.07. The molecular weight excluding hydrogens is 550 g/mol. The van der Waals surface area contributed by atoms with Gasteiger partial charge < -0.3 is 19.1 Å². The number of carbonyl (C=O) groups is 2. The van der Waals surface area contributed by atoms with E-state index in [-0.39, 0.29) is 0 Å². The van der Waals surface area contributed by atoms with E-state index in [0.717, 1.165) is 25.2 Å². The molecule has 0 aromatic heterocycles. The van der Waals surface area contributed by atoms with Crippen LogP contribution < -0.4 is 4.90 Å². The lowest BCUT2D eigenvalue weighted by atomic mass is 10.1. The summed E-state index contributed by atoms with van der Waals surface area (Å²) in [7, 11) is -13.5. The van der Waals surface area contributed by atoms with Crippen molar-refractivity contribution in [3.63, 3.8) is 0 Å². The molecule has 15 nitrogen and oxygen atoms in total. The predicted octanol–water partition coefficient (Wildman–Crippen LogP) is -0.0259. The highest BCUT2D eigenvalue weighted by atomic mass is 32.2. The van der Waals surface area contributed by atoms with Crippen molar-refractivity contribution in [3.8, 4) is 0 Å². The Balaban J connectivity index is 2.53. The number of anilines is 1. The first-order valence-corrected chi connectivity index (χ1v) is 13.6. The lowest BCUT2D eigenvalue weighted by Gasteiger charge is -2.32. The van der Waals surface area contributed by atoms with Crippen molar-refractivity contribution in [2.24, 2.45) is 0 Å². The Hall–Kier alpha value is -3.13. The fourth-order valence-electron chi connectivity index (χ4n) is 3.43. The summed E-state index contributed by atoms with van der Waals surface area (Å²) in [5.74, 6) is -2.21. The molecule has 0 aliphatic carbocycles. The molecule has 3 N–H and O–H groups in total. The van der Waals surface area contributed by atoms with Gasteiger partial charge in [0, 0.05) is 5.39 Å². The topological polar surface area (TPSA) is 228 Å². The van der Waals surface area contributed by atoms with Crippen molar-refractivity contribution in [3.05, 3.63) is 35.5 Å². The number of hydrogen-bond acceptors (Lipinski definition) is 12. The third-order valence-corrected chi connectivity index (χ3v) is 7.55. The van der Waals surface area contributed by atoms with E-state index in [1.807, 2.05) is 0 Å². The summed E-state index contributed by atoms with van der Waals surface area (Å²) in [6, 6.07) is 2.50. The lowest BCUT2D eigenvalue weighted by Crippen LogP contribution is -2.39. The molecule has 2 aromatic carbocycles. The standard InChI is InChI=1S/C18H17NO14S3/c1-31-17(20)12-7-33-8-19(16(12)18(21)32-2)13-6-11-9(4-15(13)36(28,29)30)3-10(34(22,23)24)5-14(11)35(25,26)27/h3-6H,7-8H2,1-2H3,(H,22,23,24)(H,25,26,27)(H,28,29,30). The van der Waals surface area contributed by atoms with Gasteiger partial charge in [-0.25, -0.2) is 9.59 Å². The molecule has 1 aliphatic heterocycles. The smallest absolute Gasteiger partial charge is 0.355 e. The molecule has 0 unspecified atom stereocenters. The number of carbonyl (C=O) groups excluding carboxylic acids is 2. The molecule has 18 heteroatoms. The summed E-state index contributed by atoms with van der Waals surface area (Å²) >= 11 is 0. The number of esters is 2. The third kappa shape index (κ3) is 5.19. The molecular formula is C18H17NO14S3. The predicted molar refractivity (Wildman–Crippen MR) is 118 cm³/mol. The second kappa shape index (κ2) is 9.39. The molecule has 0 saturated carbocycles. The van der Waals surface area contributed by atoms with Crippen molar-refractivity contribution in [2.75, 3.05) is 32.5 Å². The zero-order valence-corrected chi connectivity index (χ0v) is 20.7. The maximum absolute atomic E-state index is 12.6. The van der Waals surface area contributed by atoms with Gasteiger partial charge in [0.1, 0.15) is 22.2 Å². The Labute approximate surface area is 204 Å². The zero-order valence-electron chi connectivity index (χ0n) is 18.2. The van der Waals surface area contributed by atoms with E-state index in [2.05, 4.69) is 9.47 Å². The van der Waals surface area contributed by atoms with Gasteiger partial charge in [-0.2, -0.15) is 25.3 Å². The van der Waals surface area contributed by atoms with E-state index in [9.17, 15) is 48.5 Å². The number of nitrogens with zero attached hydrogens (tertiary/aromatic N) is 1. The molecule has 1 aliphatic rings. The largest absolute Gasteiger partial charge is 0.466 e. The molecule has 1 heterocycles. The highest BCUT2D eigenvalue weighted by molar-refractivity contribution is 7.87. The van der Waals surface area contributed by atoms with Crippen LogP contribution in [-0.4, -0.2) is 78.4 Å². The van der Waals surface area contributed by atoms with Gasteiger partial charge in [0.15, 0.2) is 0 Å². The first-order valence-electron chi connectivity index (χ1n) is 9.30. The van der Waals surface area contributed by atoms with Crippen molar-refractivity contribution < 1.29 is 62.7 Å². The van der Waals surface area contributed by atoms with Crippen LogP contribution in [0.15, 0.2) is 50.2 Å². The minimum atomic E-state index is -5.19. The number of ether oxygens (including phenoxy) is 3. The van der Waals surface area contributed by atoms with Crippen LogP contribution >= 0.6 is 0 Å². The van der Waals surface area contributed by atoms with Crippen LogP contribution in [0.25, 0.3) is 10.8 Å². The Kier molecular flexibility index (Phi) is 7.16. The fourth-order valence-corrected chi connectivity index (χ4v) is 5.49.